The second-order valence-corrected chi connectivity index (χ2v) is 4.94. The van der Waals surface area contributed by atoms with Crippen molar-refractivity contribution in [2.24, 2.45) is 0 Å². The molecule has 0 radical (unpaired) electrons. The largest absolute Gasteiger partial charge is 0.383 e. The summed E-state index contributed by atoms with van der Waals surface area (Å²) in [4.78, 5) is 11.7. The second kappa shape index (κ2) is 7.99. The fourth-order valence-corrected chi connectivity index (χ4v) is 2.44. The van der Waals surface area contributed by atoms with Crippen LogP contribution in [0.2, 0.25) is 0 Å². The lowest BCUT2D eigenvalue weighted by atomic mass is 9.99. The Morgan fingerprint density at radius 1 is 1.45 bits per heavy atom. The number of methoxy groups -OCH3 is 1. The van der Waals surface area contributed by atoms with Crippen LogP contribution in [-0.4, -0.2) is 39.3 Å². The number of carbonyl (C=O) groups is 1. The van der Waals surface area contributed by atoms with E-state index in [0.717, 1.165) is 19.5 Å². The SMILES string of the molecule is COCCNC(=O)CNC1CCNCc2ccccc21. The van der Waals surface area contributed by atoms with Crippen molar-refractivity contribution in [3.8, 4) is 0 Å². The molecule has 3 N–H and O–H groups in total. The van der Waals surface area contributed by atoms with Gasteiger partial charge in [0, 0.05) is 26.2 Å². The van der Waals surface area contributed by atoms with Crippen LogP contribution < -0.4 is 16.0 Å². The highest BCUT2D eigenvalue weighted by Crippen LogP contribution is 2.22. The summed E-state index contributed by atoms with van der Waals surface area (Å²) in [6, 6.07) is 8.62. The number of amides is 1. The number of rotatable bonds is 6. The van der Waals surface area contributed by atoms with Gasteiger partial charge in [-0.3, -0.25) is 4.79 Å². The third kappa shape index (κ3) is 4.30. The smallest absolute Gasteiger partial charge is 0.234 e. The number of benzene rings is 1. The molecule has 0 aromatic heterocycles. The molecule has 0 aliphatic carbocycles. The number of nitrogens with one attached hydrogen (secondary N) is 3. The topological polar surface area (TPSA) is 62.4 Å². The zero-order chi connectivity index (χ0) is 14.2. The Bertz CT molecular complexity index is 437. The molecule has 20 heavy (non-hydrogen) atoms. The average molecular weight is 277 g/mol. The lowest BCUT2D eigenvalue weighted by Gasteiger charge is -2.18. The van der Waals surface area contributed by atoms with E-state index in [1.807, 2.05) is 0 Å². The maximum atomic E-state index is 11.7. The van der Waals surface area contributed by atoms with Crippen molar-refractivity contribution in [1.82, 2.24) is 16.0 Å². The standard InChI is InChI=1S/C15H23N3O2/c1-20-9-8-17-15(19)11-18-14-6-7-16-10-12-4-2-3-5-13(12)14/h2-5,14,16,18H,6-11H2,1H3,(H,17,19). The minimum absolute atomic E-state index is 0.0109. The van der Waals surface area contributed by atoms with Crippen LogP contribution in [0.5, 0.6) is 0 Å². The fraction of sp³-hybridized carbons (Fsp3) is 0.533. The van der Waals surface area contributed by atoms with Gasteiger partial charge in [0.15, 0.2) is 0 Å². The van der Waals surface area contributed by atoms with Crippen LogP contribution in [0.15, 0.2) is 24.3 Å². The Balaban J connectivity index is 1.87. The van der Waals surface area contributed by atoms with Crippen LogP contribution >= 0.6 is 0 Å². The van der Waals surface area contributed by atoms with Gasteiger partial charge in [-0.05, 0) is 24.1 Å². The molecule has 0 saturated carbocycles. The predicted molar refractivity (Wildman–Crippen MR) is 78.4 cm³/mol. The van der Waals surface area contributed by atoms with Crippen molar-refractivity contribution in [2.45, 2.75) is 19.0 Å². The first-order valence-electron chi connectivity index (χ1n) is 7.09. The summed E-state index contributed by atoms with van der Waals surface area (Å²) in [7, 11) is 1.62. The summed E-state index contributed by atoms with van der Waals surface area (Å²) < 4.78 is 4.91. The fourth-order valence-electron chi connectivity index (χ4n) is 2.44. The molecule has 2 rings (SSSR count). The van der Waals surface area contributed by atoms with Crippen LogP contribution in [0.3, 0.4) is 0 Å². The molecular weight excluding hydrogens is 254 g/mol. The summed E-state index contributed by atoms with van der Waals surface area (Å²) in [5.74, 6) is 0.0109. The van der Waals surface area contributed by atoms with Crippen LogP contribution in [0.4, 0.5) is 0 Å². The summed E-state index contributed by atoms with van der Waals surface area (Å²) in [6.45, 7) is 3.29. The lowest BCUT2D eigenvalue weighted by Crippen LogP contribution is -2.37. The van der Waals surface area contributed by atoms with Gasteiger partial charge in [-0.1, -0.05) is 24.3 Å². The predicted octanol–water partition coefficient (Wildman–Crippen LogP) is 0.573. The molecule has 1 aromatic carbocycles. The van der Waals surface area contributed by atoms with Gasteiger partial charge in [-0.25, -0.2) is 0 Å². The summed E-state index contributed by atoms with van der Waals surface area (Å²) in [6.07, 6.45) is 0.988. The molecule has 0 fully saturated rings. The molecule has 1 heterocycles. The number of hydrogen-bond acceptors (Lipinski definition) is 4. The summed E-state index contributed by atoms with van der Waals surface area (Å²) in [5.41, 5.74) is 2.60. The van der Waals surface area contributed by atoms with Crippen molar-refractivity contribution < 1.29 is 9.53 Å². The Labute approximate surface area is 120 Å². The minimum Gasteiger partial charge on any atom is -0.383 e. The summed E-state index contributed by atoms with van der Waals surface area (Å²) in [5, 5.41) is 9.58. The molecule has 1 aromatic rings. The van der Waals surface area contributed by atoms with E-state index in [9.17, 15) is 4.79 Å². The van der Waals surface area contributed by atoms with Gasteiger partial charge < -0.3 is 20.7 Å². The van der Waals surface area contributed by atoms with Crippen molar-refractivity contribution in [3.05, 3.63) is 35.4 Å². The summed E-state index contributed by atoms with van der Waals surface area (Å²) >= 11 is 0. The molecule has 1 aliphatic rings. The van der Waals surface area contributed by atoms with E-state index in [2.05, 4.69) is 40.2 Å². The van der Waals surface area contributed by atoms with E-state index >= 15 is 0 Å². The highest BCUT2D eigenvalue weighted by Gasteiger charge is 2.18. The number of fused-ring (bicyclic) bond motifs is 1. The maximum Gasteiger partial charge on any atom is 0.234 e. The Morgan fingerprint density at radius 2 is 2.30 bits per heavy atom. The first kappa shape index (κ1) is 15.0. The number of hydrogen-bond donors (Lipinski definition) is 3. The van der Waals surface area contributed by atoms with E-state index in [1.54, 1.807) is 7.11 Å². The normalized spacial score (nSPS) is 18.1. The molecule has 110 valence electrons. The number of ether oxygens (including phenoxy) is 1. The van der Waals surface area contributed by atoms with Crippen molar-refractivity contribution >= 4 is 5.91 Å². The highest BCUT2D eigenvalue weighted by molar-refractivity contribution is 5.78. The monoisotopic (exact) mass is 277 g/mol. The van der Waals surface area contributed by atoms with Gasteiger partial charge in [-0.15, -0.1) is 0 Å². The van der Waals surface area contributed by atoms with Crippen LogP contribution in [0, 0.1) is 0 Å². The van der Waals surface area contributed by atoms with E-state index in [-0.39, 0.29) is 11.9 Å². The van der Waals surface area contributed by atoms with E-state index in [1.165, 1.54) is 11.1 Å². The first-order chi connectivity index (χ1) is 9.81. The molecular formula is C15H23N3O2. The molecule has 0 spiro atoms. The Kier molecular flexibility index (Phi) is 5.98. The zero-order valence-corrected chi connectivity index (χ0v) is 11.9. The Morgan fingerprint density at radius 3 is 3.15 bits per heavy atom. The zero-order valence-electron chi connectivity index (χ0n) is 11.9. The van der Waals surface area contributed by atoms with Gasteiger partial charge in [0.1, 0.15) is 0 Å². The van der Waals surface area contributed by atoms with Gasteiger partial charge in [0.25, 0.3) is 0 Å². The van der Waals surface area contributed by atoms with Gasteiger partial charge in [0.05, 0.1) is 13.2 Å². The van der Waals surface area contributed by atoms with Crippen molar-refractivity contribution in [2.75, 3.05) is 33.4 Å². The van der Waals surface area contributed by atoms with Gasteiger partial charge in [0.2, 0.25) is 5.91 Å². The Hall–Kier alpha value is -1.43. The van der Waals surface area contributed by atoms with Crippen molar-refractivity contribution in [1.29, 1.82) is 0 Å². The average Bonchev–Trinajstić information content (AvgIpc) is 2.68. The first-order valence-corrected chi connectivity index (χ1v) is 7.09. The molecule has 1 atom stereocenters. The molecule has 1 aliphatic heterocycles. The molecule has 0 saturated heterocycles. The second-order valence-electron chi connectivity index (χ2n) is 4.94. The molecule has 1 amide bonds. The van der Waals surface area contributed by atoms with Crippen LogP contribution in [-0.2, 0) is 16.1 Å². The molecule has 5 heteroatoms. The maximum absolute atomic E-state index is 11.7. The molecule has 0 bridgehead atoms. The van der Waals surface area contributed by atoms with E-state index in [4.69, 9.17) is 4.74 Å². The van der Waals surface area contributed by atoms with Crippen molar-refractivity contribution in [3.63, 3.8) is 0 Å². The molecule has 5 nitrogen and oxygen atoms in total. The van der Waals surface area contributed by atoms with Gasteiger partial charge in [-0.2, -0.15) is 0 Å². The lowest BCUT2D eigenvalue weighted by molar-refractivity contribution is -0.120. The van der Waals surface area contributed by atoms with E-state index < -0.39 is 0 Å². The number of carbonyl (C=O) groups excluding carboxylic acids is 1. The van der Waals surface area contributed by atoms with Crippen LogP contribution in [0.1, 0.15) is 23.6 Å². The minimum atomic E-state index is 0.0109. The van der Waals surface area contributed by atoms with E-state index in [0.29, 0.717) is 19.7 Å². The third-order valence-corrected chi connectivity index (χ3v) is 3.49. The van der Waals surface area contributed by atoms with Gasteiger partial charge >= 0.3 is 0 Å². The quantitative estimate of drug-likeness (QED) is 0.665. The highest BCUT2D eigenvalue weighted by atomic mass is 16.5. The molecule has 1 unspecified atom stereocenters. The third-order valence-electron chi connectivity index (χ3n) is 3.49. The van der Waals surface area contributed by atoms with Crippen LogP contribution in [0.25, 0.3) is 0 Å².